The molecular formula is C17H26ClN7O. The molecule has 26 heavy (non-hydrogen) atoms. The van der Waals surface area contributed by atoms with E-state index in [2.05, 4.69) is 32.7 Å². The SMILES string of the molecule is CCc1nc2n(n1)CC(NC(=O)c1ccn(C3CCCNC3)n1)CC2.Cl. The maximum absolute atomic E-state index is 12.5. The van der Waals surface area contributed by atoms with Crippen LogP contribution in [0.3, 0.4) is 0 Å². The maximum Gasteiger partial charge on any atom is 0.272 e. The number of fused-ring (bicyclic) bond motifs is 1. The van der Waals surface area contributed by atoms with Crippen LogP contribution in [-0.4, -0.2) is 49.6 Å². The highest BCUT2D eigenvalue weighted by Gasteiger charge is 2.24. The Labute approximate surface area is 159 Å². The van der Waals surface area contributed by atoms with Gasteiger partial charge in [-0.05, 0) is 31.9 Å². The molecule has 1 saturated heterocycles. The number of carbonyl (C=O) groups excluding carboxylic acids is 1. The van der Waals surface area contributed by atoms with Crippen LogP contribution in [0, 0.1) is 0 Å². The lowest BCUT2D eigenvalue weighted by Gasteiger charge is -2.23. The molecule has 4 rings (SSSR count). The topological polar surface area (TPSA) is 89.7 Å². The summed E-state index contributed by atoms with van der Waals surface area (Å²) in [6.45, 7) is 4.72. The van der Waals surface area contributed by atoms with E-state index in [1.807, 2.05) is 21.6 Å². The zero-order chi connectivity index (χ0) is 17.2. The molecule has 0 aromatic carbocycles. The molecule has 1 fully saturated rings. The molecule has 0 saturated carbocycles. The zero-order valence-electron chi connectivity index (χ0n) is 15.0. The van der Waals surface area contributed by atoms with Gasteiger partial charge in [-0.1, -0.05) is 6.92 Å². The lowest BCUT2D eigenvalue weighted by atomic mass is 10.1. The standard InChI is InChI=1S/C17H25N7O.ClH/c1-2-15-20-16-6-5-12(11-24(16)22-15)19-17(25)14-7-9-23(21-14)13-4-3-8-18-10-13;/h7,9,12-13,18H,2-6,8,10-11H2,1H3,(H,19,25);1H. The van der Waals surface area contributed by atoms with Gasteiger partial charge in [0.05, 0.1) is 12.6 Å². The van der Waals surface area contributed by atoms with E-state index in [-0.39, 0.29) is 24.4 Å². The molecule has 2 atom stereocenters. The van der Waals surface area contributed by atoms with Crippen LogP contribution in [0.2, 0.25) is 0 Å². The van der Waals surface area contributed by atoms with Crippen LogP contribution in [0.1, 0.15) is 54.4 Å². The summed E-state index contributed by atoms with van der Waals surface area (Å²) in [5.74, 6) is 1.80. The first-order valence-electron chi connectivity index (χ1n) is 9.22. The Morgan fingerprint density at radius 1 is 1.38 bits per heavy atom. The van der Waals surface area contributed by atoms with Gasteiger partial charge in [-0.2, -0.15) is 10.2 Å². The number of halogens is 1. The number of piperidine rings is 1. The van der Waals surface area contributed by atoms with Crippen molar-refractivity contribution in [2.24, 2.45) is 0 Å². The molecule has 0 aliphatic carbocycles. The van der Waals surface area contributed by atoms with Crippen molar-refractivity contribution in [1.82, 2.24) is 35.2 Å². The van der Waals surface area contributed by atoms with Gasteiger partial charge in [-0.15, -0.1) is 12.4 Å². The van der Waals surface area contributed by atoms with Gasteiger partial charge in [0, 0.05) is 31.6 Å². The van der Waals surface area contributed by atoms with Crippen LogP contribution in [0.25, 0.3) is 0 Å². The van der Waals surface area contributed by atoms with Crippen molar-refractivity contribution in [2.45, 2.75) is 57.7 Å². The third-order valence-electron chi connectivity index (χ3n) is 5.04. The molecular weight excluding hydrogens is 354 g/mol. The average Bonchev–Trinajstić information content (AvgIpc) is 3.29. The molecule has 1 amide bonds. The van der Waals surface area contributed by atoms with Crippen molar-refractivity contribution in [3.63, 3.8) is 0 Å². The predicted molar refractivity (Wildman–Crippen MR) is 99.6 cm³/mol. The number of amides is 1. The van der Waals surface area contributed by atoms with Gasteiger partial charge in [-0.25, -0.2) is 9.67 Å². The molecule has 8 nitrogen and oxygen atoms in total. The van der Waals surface area contributed by atoms with Gasteiger partial charge < -0.3 is 10.6 Å². The largest absolute Gasteiger partial charge is 0.346 e. The van der Waals surface area contributed by atoms with E-state index in [0.29, 0.717) is 18.3 Å². The zero-order valence-corrected chi connectivity index (χ0v) is 15.8. The molecule has 0 radical (unpaired) electrons. The second-order valence-electron chi connectivity index (χ2n) is 6.87. The van der Waals surface area contributed by atoms with E-state index in [1.165, 1.54) is 0 Å². The fraction of sp³-hybridized carbons (Fsp3) is 0.647. The number of aryl methyl sites for hydroxylation is 2. The van der Waals surface area contributed by atoms with Crippen molar-refractivity contribution >= 4 is 18.3 Å². The summed E-state index contributed by atoms with van der Waals surface area (Å²) in [7, 11) is 0. The highest BCUT2D eigenvalue weighted by Crippen LogP contribution is 2.17. The number of nitrogens with zero attached hydrogens (tertiary/aromatic N) is 5. The molecule has 0 bridgehead atoms. The first kappa shape index (κ1) is 18.8. The van der Waals surface area contributed by atoms with E-state index in [4.69, 9.17) is 0 Å². The van der Waals surface area contributed by atoms with Gasteiger partial charge in [0.15, 0.2) is 5.82 Å². The van der Waals surface area contributed by atoms with Gasteiger partial charge in [0.25, 0.3) is 5.91 Å². The second kappa shape index (κ2) is 8.18. The Balaban J connectivity index is 0.00000196. The Morgan fingerprint density at radius 3 is 3.04 bits per heavy atom. The minimum absolute atomic E-state index is 0. The van der Waals surface area contributed by atoms with Crippen LogP contribution in [0.4, 0.5) is 0 Å². The number of rotatable bonds is 4. The van der Waals surface area contributed by atoms with E-state index in [9.17, 15) is 4.79 Å². The quantitative estimate of drug-likeness (QED) is 0.831. The summed E-state index contributed by atoms with van der Waals surface area (Å²) in [5.41, 5.74) is 0.490. The van der Waals surface area contributed by atoms with Gasteiger partial charge in [-0.3, -0.25) is 9.48 Å². The lowest BCUT2D eigenvalue weighted by Crippen LogP contribution is -2.41. The summed E-state index contributed by atoms with van der Waals surface area (Å²) in [6, 6.07) is 2.23. The van der Waals surface area contributed by atoms with Crippen LogP contribution >= 0.6 is 12.4 Å². The maximum atomic E-state index is 12.5. The van der Waals surface area contributed by atoms with Crippen LogP contribution < -0.4 is 10.6 Å². The van der Waals surface area contributed by atoms with Gasteiger partial charge in [0.2, 0.25) is 0 Å². The van der Waals surface area contributed by atoms with Gasteiger partial charge in [0.1, 0.15) is 11.5 Å². The third-order valence-corrected chi connectivity index (χ3v) is 5.04. The monoisotopic (exact) mass is 379 g/mol. The molecule has 2 aromatic rings. The summed E-state index contributed by atoms with van der Waals surface area (Å²) in [4.78, 5) is 17.0. The molecule has 142 valence electrons. The van der Waals surface area contributed by atoms with E-state index >= 15 is 0 Å². The Bertz CT molecular complexity index is 750. The number of hydrogen-bond donors (Lipinski definition) is 2. The van der Waals surface area contributed by atoms with Gasteiger partial charge >= 0.3 is 0 Å². The molecule has 9 heteroatoms. The average molecular weight is 380 g/mol. The van der Waals surface area contributed by atoms with Crippen molar-refractivity contribution in [2.75, 3.05) is 13.1 Å². The Hall–Kier alpha value is -1.93. The predicted octanol–water partition coefficient (Wildman–Crippen LogP) is 1.13. The number of hydrogen-bond acceptors (Lipinski definition) is 5. The van der Waals surface area contributed by atoms with Crippen molar-refractivity contribution in [3.05, 3.63) is 29.6 Å². The minimum Gasteiger partial charge on any atom is -0.346 e. The molecule has 2 N–H and O–H groups in total. The van der Waals surface area contributed by atoms with Crippen LogP contribution in [0.15, 0.2) is 12.3 Å². The highest BCUT2D eigenvalue weighted by atomic mass is 35.5. The highest BCUT2D eigenvalue weighted by molar-refractivity contribution is 5.92. The Kier molecular flexibility index (Phi) is 5.93. The molecule has 2 aliphatic heterocycles. The molecule has 4 heterocycles. The summed E-state index contributed by atoms with van der Waals surface area (Å²) in [5, 5.41) is 15.5. The minimum atomic E-state index is -0.105. The second-order valence-corrected chi connectivity index (χ2v) is 6.87. The molecule has 2 unspecified atom stereocenters. The van der Waals surface area contributed by atoms with Crippen LogP contribution in [-0.2, 0) is 19.4 Å². The van der Waals surface area contributed by atoms with Crippen molar-refractivity contribution in [1.29, 1.82) is 0 Å². The fourth-order valence-electron chi connectivity index (χ4n) is 3.61. The number of carbonyl (C=O) groups is 1. The van der Waals surface area contributed by atoms with E-state index in [1.54, 1.807) is 0 Å². The third kappa shape index (κ3) is 3.91. The number of aromatic nitrogens is 5. The summed E-state index contributed by atoms with van der Waals surface area (Å²) < 4.78 is 3.85. The van der Waals surface area contributed by atoms with Crippen molar-refractivity contribution < 1.29 is 4.79 Å². The molecule has 2 aromatic heterocycles. The first-order valence-corrected chi connectivity index (χ1v) is 9.22. The first-order chi connectivity index (χ1) is 12.2. The molecule has 2 aliphatic rings. The molecule has 0 spiro atoms. The number of nitrogens with one attached hydrogen (secondary N) is 2. The normalized spacial score (nSPS) is 22.3. The Morgan fingerprint density at radius 2 is 2.27 bits per heavy atom. The smallest absolute Gasteiger partial charge is 0.272 e. The summed E-state index contributed by atoms with van der Waals surface area (Å²) >= 11 is 0. The van der Waals surface area contributed by atoms with E-state index in [0.717, 1.165) is 56.8 Å². The lowest BCUT2D eigenvalue weighted by molar-refractivity contribution is 0.0919. The van der Waals surface area contributed by atoms with E-state index < -0.39 is 0 Å². The van der Waals surface area contributed by atoms with Crippen molar-refractivity contribution in [3.8, 4) is 0 Å². The van der Waals surface area contributed by atoms with Crippen LogP contribution in [0.5, 0.6) is 0 Å². The fourth-order valence-corrected chi connectivity index (χ4v) is 3.61. The summed E-state index contributed by atoms with van der Waals surface area (Å²) in [6.07, 6.45) is 6.74.